The molecular formula is C15H27NO3. The van der Waals surface area contributed by atoms with E-state index in [1.165, 1.54) is 32.1 Å². The fraction of sp³-hybridized carbons (Fsp3) is 0.933. The van der Waals surface area contributed by atoms with Crippen LogP contribution in [0.3, 0.4) is 0 Å². The zero-order chi connectivity index (χ0) is 14.0. The molecule has 2 aliphatic rings. The first-order chi connectivity index (χ1) is 8.90. The molecule has 0 unspecified atom stereocenters. The second kappa shape index (κ2) is 5.80. The number of aliphatic hydroxyl groups excluding tert-OH is 1. The van der Waals surface area contributed by atoms with Crippen molar-refractivity contribution in [2.24, 2.45) is 17.1 Å². The van der Waals surface area contributed by atoms with Gasteiger partial charge in [-0.15, -0.1) is 0 Å². The predicted octanol–water partition coefficient (Wildman–Crippen LogP) is 1.99. The molecule has 3 atom stereocenters. The summed E-state index contributed by atoms with van der Waals surface area (Å²) in [6.07, 6.45) is 6.56. The molecule has 0 aromatic rings. The van der Waals surface area contributed by atoms with Crippen molar-refractivity contribution >= 4 is 5.97 Å². The van der Waals surface area contributed by atoms with Gasteiger partial charge in [0.25, 0.3) is 0 Å². The number of aliphatic hydroxyl groups is 1. The van der Waals surface area contributed by atoms with E-state index in [0.717, 1.165) is 6.42 Å². The molecule has 0 spiro atoms. The Kier molecular flexibility index (Phi) is 4.51. The van der Waals surface area contributed by atoms with E-state index in [0.29, 0.717) is 12.3 Å². The van der Waals surface area contributed by atoms with Crippen molar-refractivity contribution in [3.63, 3.8) is 0 Å². The third kappa shape index (κ3) is 3.48. The SMILES string of the molecule is CC1(C)C[C@@H]([C@H](O)[C@@H](N)CC2CCCCC2)OC1=O. The summed E-state index contributed by atoms with van der Waals surface area (Å²) in [4.78, 5) is 11.6. The lowest BCUT2D eigenvalue weighted by molar-refractivity contribution is -0.151. The summed E-state index contributed by atoms with van der Waals surface area (Å²) < 4.78 is 5.28. The molecule has 1 heterocycles. The highest BCUT2D eigenvalue weighted by molar-refractivity contribution is 5.78. The largest absolute Gasteiger partial charge is 0.459 e. The number of hydrogen-bond acceptors (Lipinski definition) is 4. The number of ether oxygens (including phenoxy) is 1. The Balaban J connectivity index is 1.85. The van der Waals surface area contributed by atoms with Crippen LogP contribution in [0.15, 0.2) is 0 Å². The Morgan fingerprint density at radius 1 is 1.37 bits per heavy atom. The molecule has 0 aromatic carbocycles. The maximum absolute atomic E-state index is 11.6. The number of carbonyl (C=O) groups is 1. The van der Waals surface area contributed by atoms with Gasteiger partial charge >= 0.3 is 5.97 Å². The molecule has 0 bridgehead atoms. The van der Waals surface area contributed by atoms with E-state index in [2.05, 4.69) is 0 Å². The van der Waals surface area contributed by atoms with Crippen LogP contribution in [0.25, 0.3) is 0 Å². The molecule has 0 amide bonds. The molecular weight excluding hydrogens is 242 g/mol. The van der Waals surface area contributed by atoms with Gasteiger partial charge in [0.05, 0.1) is 5.41 Å². The van der Waals surface area contributed by atoms with Crippen molar-refractivity contribution in [3.05, 3.63) is 0 Å². The zero-order valence-corrected chi connectivity index (χ0v) is 12.1. The van der Waals surface area contributed by atoms with E-state index in [1.54, 1.807) is 0 Å². The van der Waals surface area contributed by atoms with Crippen molar-refractivity contribution in [3.8, 4) is 0 Å². The third-order valence-electron chi connectivity index (χ3n) is 4.67. The summed E-state index contributed by atoms with van der Waals surface area (Å²) in [5.41, 5.74) is 5.63. The normalized spacial score (nSPS) is 30.9. The van der Waals surface area contributed by atoms with Crippen LogP contribution in [0, 0.1) is 11.3 Å². The van der Waals surface area contributed by atoms with Gasteiger partial charge in [0.2, 0.25) is 0 Å². The molecule has 1 aliphatic heterocycles. The molecule has 19 heavy (non-hydrogen) atoms. The summed E-state index contributed by atoms with van der Waals surface area (Å²) in [5, 5.41) is 10.3. The molecule has 110 valence electrons. The molecule has 1 saturated carbocycles. The molecule has 3 N–H and O–H groups in total. The standard InChI is InChI=1S/C15H27NO3/c1-15(2)9-12(19-14(15)18)13(17)11(16)8-10-6-4-3-5-7-10/h10-13,17H,3-9,16H2,1-2H3/t11-,12-,13+/m0/s1. The minimum absolute atomic E-state index is 0.221. The van der Waals surface area contributed by atoms with Crippen LogP contribution in [0.2, 0.25) is 0 Å². The van der Waals surface area contributed by atoms with E-state index in [-0.39, 0.29) is 12.0 Å². The molecule has 2 fully saturated rings. The van der Waals surface area contributed by atoms with Gasteiger partial charge in [0, 0.05) is 12.5 Å². The Bertz CT molecular complexity index is 323. The lowest BCUT2D eigenvalue weighted by Gasteiger charge is -2.29. The molecule has 2 rings (SSSR count). The zero-order valence-electron chi connectivity index (χ0n) is 12.1. The Morgan fingerprint density at radius 3 is 2.53 bits per heavy atom. The predicted molar refractivity (Wildman–Crippen MR) is 73.5 cm³/mol. The van der Waals surface area contributed by atoms with E-state index in [4.69, 9.17) is 10.5 Å². The lowest BCUT2D eigenvalue weighted by atomic mass is 9.82. The minimum Gasteiger partial charge on any atom is -0.459 e. The summed E-state index contributed by atoms with van der Waals surface area (Å²) in [7, 11) is 0. The summed E-state index contributed by atoms with van der Waals surface area (Å²) >= 11 is 0. The van der Waals surface area contributed by atoms with Crippen molar-refractivity contribution in [1.82, 2.24) is 0 Å². The van der Waals surface area contributed by atoms with Crippen molar-refractivity contribution < 1.29 is 14.6 Å². The average molecular weight is 269 g/mol. The van der Waals surface area contributed by atoms with Gasteiger partial charge in [-0.05, 0) is 26.2 Å². The quantitative estimate of drug-likeness (QED) is 0.766. The van der Waals surface area contributed by atoms with Crippen molar-refractivity contribution in [1.29, 1.82) is 0 Å². The highest BCUT2D eigenvalue weighted by Crippen LogP contribution is 2.36. The molecule has 0 radical (unpaired) electrons. The summed E-state index contributed by atoms with van der Waals surface area (Å²) in [5.74, 6) is 0.407. The molecule has 4 heteroatoms. The van der Waals surface area contributed by atoms with Crippen LogP contribution in [-0.2, 0) is 9.53 Å². The Morgan fingerprint density at radius 2 is 2.00 bits per heavy atom. The van der Waals surface area contributed by atoms with Gasteiger partial charge in [-0.3, -0.25) is 4.79 Å². The lowest BCUT2D eigenvalue weighted by Crippen LogP contribution is -2.44. The van der Waals surface area contributed by atoms with Gasteiger partial charge in [-0.2, -0.15) is 0 Å². The summed E-state index contributed by atoms with van der Waals surface area (Å²) in [6, 6.07) is -0.283. The fourth-order valence-electron chi connectivity index (χ4n) is 3.34. The molecule has 1 saturated heterocycles. The van der Waals surface area contributed by atoms with Gasteiger partial charge in [-0.25, -0.2) is 0 Å². The third-order valence-corrected chi connectivity index (χ3v) is 4.67. The number of hydrogen-bond donors (Lipinski definition) is 2. The van der Waals surface area contributed by atoms with Crippen molar-refractivity contribution in [2.45, 2.75) is 77.0 Å². The van der Waals surface area contributed by atoms with Crippen LogP contribution in [0.1, 0.15) is 58.8 Å². The monoisotopic (exact) mass is 269 g/mol. The first kappa shape index (κ1) is 14.8. The van der Waals surface area contributed by atoms with Crippen LogP contribution in [-0.4, -0.2) is 29.3 Å². The fourth-order valence-corrected chi connectivity index (χ4v) is 3.34. The second-order valence-corrected chi connectivity index (χ2v) is 6.93. The van der Waals surface area contributed by atoms with Crippen LogP contribution < -0.4 is 5.73 Å². The van der Waals surface area contributed by atoms with Crippen LogP contribution in [0.5, 0.6) is 0 Å². The van der Waals surface area contributed by atoms with E-state index < -0.39 is 17.6 Å². The maximum atomic E-state index is 11.6. The number of esters is 1. The molecule has 0 aromatic heterocycles. The van der Waals surface area contributed by atoms with Crippen molar-refractivity contribution in [2.75, 3.05) is 0 Å². The van der Waals surface area contributed by atoms with Gasteiger partial charge in [-0.1, -0.05) is 32.1 Å². The van der Waals surface area contributed by atoms with Crippen LogP contribution in [0.4, 0.5) is 0 Å². The highest BCUT2D eigenvalue weighted by atomic mass is 16.6. The number of rotatable bonds is 4. The molecule has 1 aliphatic carbocycles. The number of cyclic esters (lactones) is 1. The topological polar surface area (TPSA) is 72.6 Å². The van der Waals surface area contributed by atoms with Gasteiger partial charge < -0.3 is 15.6 Å². The smallest absolute Gasteiger partial charge is 0.312 e. The van der Waals surface area contributed by atoms with Crippen LogP contribution >= 0.6 is 0 Å². The Hall–Kier alpha value is -0.610. The first-order valence-electron chi connectivity index (χ1n) is 7.55. The minimum atomic E-state index is -0.729. The second-order valence-electron chi connectivity index (χ2n) is 6.93. The van der Waals surface area contributed by atoms with Gasteiger partial charge in [0.1, 0.15) is 12.2 Å². The highest BCUT2D eigenvalue weighted by Gasteiger charge is 2.45. The first-order valence-corrected chi connectivity index (χ1v) is 7.55. The summed E-state index contributed by atoms with van der Waals surface area (Å²) in [6.45, 7) is 3.71. The number of carbonyl (C=O) groups excluding carboxylic acids is 1. The van der Waals surface area contributed by atoms with E-state index >= 15 is 0 Å². The molecule has 4 nitrogen and oxygen atoms in total. The van der Waals surface area contributed by atoms with E-state index in [1.807, 2.05) is 13.8 Å². The number of nitrogens with two attached hydrogens (primary N) is 1. The maximum Gasteiger partial charge on any atom is 0.312 e. The average Bonchev–Trinajstić information content (AvgIpc) is 2.64. The van der Waals surface area contributed by atoms with E-state index in [9.17, 15) is 9.90 Å². The Labute approximate surface area is 115 Å². The van der Waals surface area contributed by atoms with Gasteiger partial charge in [0.15, 0.2) is 0 Å².